The first-order chi connectivity index (χ1) is 11.8. The number of nitrogens with two attached hydrogens (primary N) is 1. The Morgan fingerprint density at radius 2 is 1.88 bits per heavy atom. The lowest BCUT2D eigenvalue weighted by molar-refractivity contribution is -0.118. The van der Waals surface area contributed by atoms with Crippen molar-refractivity contribution in [1.82, 2.24) is 4.57 Å². The number of hydrogen-bond donors (Lipinski definition) is 3. The van der Waals surface area contributed by atoms with Gasteiger partial charge in [-0.25, -0.2) is 0 Å². The van der Waals surface area contributed by atoms with Gasteiger partial charge in [-0.15, -0.1) is 0 Å². The zero-order valence-corrected chi connectivity index (χ0v) is 16.2. The molecule has 7 heteroatoms. The Kier molecular flexibility index (Phi) is 4.78. The van der Waals surface area contributed by atoms with Crippen molar-refractivity contribution >= 4 is 40.7 Å². The van der Waals surface area contributed by atoms with Crippen LogP contribution in [0.25, 0.3) is 10.9 Å². The molecule has 2 aromatic carbocycles. The molecule has 0 saturated carbocycles. The summed E-state index contributed by atoms with van der Waals surface area (Å²) in [5.41, 5.74) is 2.86. The Hall–Kier alpha value is -2.01. The highest BCUT2D eigenvalue weighted by Gasteiger charge is 2.17. The third-order valence-corrected chi connectivity index (χ3v) is 6.32. The van der Waals surface area contributed by atoms with E-state index < -0.39 is 9.74 Å². The zero-order chi connectivity index (χ0) is 18.2. The molecule has 1 heterocycles. The summed E-state index contributed by atoms with van der Waals surface area (Å²) in [7, 11) is -0.695. The second kappa shape index (κ2) is 6.71. The highest BCUT2D eigenvalue weighted by Crippen LogP contribution is 2.25. The molecule has 3 rings (SSSR count). The fourth-order valence-electron chi connectivity index (χ4n) is 2.83. The molecule has 0 saturated heterocycles. The van der Waals surface area contributed by atoms with Crippen molar-refractivity contribution in [3.8, 4) is 0 Å². The predicted molar refractivity (Wildman–Crippen MR) is 108 cm³/mol. The number of nitrogens with one attached hydrogen (secondary N) is 1. The van der Waals surface area contributed by atoms with E-state index in [2.05, 4.69) is 26.7 Å². The summed E-state index contributed by atoms with van der Waals surface area (Å²) < 4.78 is 13.8. The van der Waals surface area contributed by atoms with E-state index in [9.17, 15) is 9.00 Å². The standard InChI is InChI=1S/C18H22N3O2PS/c1-12-4-3-5-17-16(12)10-11-21(17)13(2)18(22)20-14-6-8-15(9-7-14)25(19,23)24/h3-11,13,25H,24H2,1-2H3,(H2,19,23)(H,20,22)/t13-/m1/s1. The molecule has 0 radical (unpaired) electrons. The molecule has 0 spiro atoms. The SMILES string of the molecule is Cc1cccc2c1ccn2[C@H](C)C(=O)Nc1ccc([SH](N)(=O)P)cc1. The highest BCUT2D eigenvalue weighted by molar-refractivity contribution is 8.44. The molecular formula is C18H22N3O2PS. The summed E-state index contributed by atoms with van der Waals surface area (Å²) in [5, 5.41) is 9.65. The smallest absolute Gasteiger partial charge is 0.247 e. The minimum atomic E-state index is -2.86. The van der Waals surface area contributed by atoms with Gasteiger partial charge in [0.25, 0.3) is 0 Å². The van der Waals surface area contributed by atoms with E-state index in [1.807, 2.05) is 35.9 Å². The number of aryl methyl sites for hydroxylation is 1. The van der Waals surface area contributed by atoms with Crippen LogP contribution in [0.4, 0.5) is 5.69 Å². The number of thiol groups is 1. The molecule has 2 atom stereocenters. The van der Waals surface area contributed by atoms with Crippen molar-refractivity contribution in [2.75, 3.05) is 5.32 Å². The van der Waals surface area contributed by atoms with Gasteiger partial charge < -0.3 is 9.88 Å². The fourth-order valence-corrected chi connectivity index (χ4v) is 3.96. The number of rotatable bonds is 4. The maximum atomic E-state index is 12.6. The molecule has 3 N–H and O–H groups in total. The third kappa shape index (κ3) is 3.66. The van der Waals surface area contributed by atoms with Crippen molar-refractivity contribution in [1.29, 1.82) is 0 Å². The molecule has 5 nitrogen and oxygen atoms in total. The molecular weight excluding hydrogens is 353 g/mol. The lowest BCUT2D eigenvalue weighted by Gasteiger charge is -2.17. The van der Waals surface area contributed by atoms with Crippen molar-refractivity contribution in [3.63, 3.8) is 0 Å². The average Bonchev–Trinajstić information content (AvgIpc) is 2.99. The van der Waals surface area contributed by atoms with Gasteiger partial charge in [-0.3, -0.25) is 14.1 Å². The number of carbonyl (C=O) groups excluding carboxylic acids is 1. The van der Waals surface area contributed by atoms with Crippen LogP contribution < -0.4 is 10.5 Å². The minimum Gasteiger partial charge on any atom is -0.335 e. The van der Waals surface area contributed by atoms with Gasteiger partial charge in [0.15, 0.2) is 0 Å². The Bertz CT molecular complexity index is 976. The van der Waals surface area contributed by atoms with Crippen molar-refractivity contribution in [2.24, 2.45) is 5.14 Å². The van der Waals surface area contributed by atoms with Gasteiger partial charge in [-0.1, -0.05) is 12.1 Å². The van der Waals surface area contributed by atoms with Gasteiger partial charge in [0, 0.05) is 27.7 Å². The topological polar surface area (TPSA) is 77.1 Å². The van der Waals surface area contributed by atoms with Gasteiger partial charge in [0.05, 0.1) is 0 Å². The van der Waals surface area contributed by atoms with E-state index in [1.54, 1.807) is 24.3 Å². The van der Waals surface area contributed by atoms with Gasteiger partial charge in [0.1, 0.15) is 6.04 Å². The summed E-state index contributed by atoms with van der Waals surface area (Å²) in [6.45, 7) is 3.92. The van der Waals surface area contributed by atoms with Gasteiger partial charge in [0.2, 0.25) is 5.91 Å². The van der Waals surface area contributed by atoms with Crippen LogP contribution in [0.5, 0.6) is 0 Å². The molecule has 0 aliphatic heterocycles. The van der Waals surface area contributed by atoms with E-state index >= 15 is 0 Å². The molecule has 0 fully saturated rings. The maximum absolute atomic E-state index is 12.6. The van der Waals surface area contributed by atoms with Crippen LogP contribution in [0.15, 0.2) is 59.6 Å². The quantitative estimate of drug-likeness (QED) is 0.484. The van der Waals surface area contributed by atoms with Crippen LogP contribution in [0.1, 0.15) is 18.5 Å². The summed E-state index contributed by atoms with van der Waals surface area (Å²) in [6, 6.07) is 14.5. The molecule has 1 aromatic heterocycles. The lowest BCUT2D eigenvalue weighted by atomic mass is 10.1. The third-order valence-electron chi connectivity index (χ3n) is 4.32. The molecule has 0 bridgehead atoms. The number of hydrogen-bond acceptors (Lipinski definition) is 2. The number of aromatic nitrogens is 1. The van der Waals surface area contributed by atoms with Crippen LogP contribution in [0.3, 0.4) is 0 Å². The first kappa shape index (κ1) is 17.8. The Morgan fingerprint density at radius 3 is 2.52 bits per heavy atom. The number of anilines is 1. The predicted octanol–water partition coefficient (Wildman–Crippen LogP) is 3.19. The number of benzene rings is 2. The minimum absolute atomic E-state index is 0.117. The molecule has 0 aliphatic carbocycles. The molecule has 3 aromatic rings. The number of fused-ring (bicyclic) bond motifs is 1. The van der Waals surface area contributed by atoms with Crippen LogP contribution in [-0.2, 0) is 14.5 Å². The summed E-state index contributed by atoms with van der Waals surface area (Å²) in [4.78, 5) is 13.2. The number of nitrogens with zero attached hydrogens (tertiary/aromatic N) is 1. The number of carbonyl (C=O) groups is 1. The number of amides is 1. The van der Waals surface area contributed by atoms with E-state index in [1.165, 1.54) is 5.56 Å². The van der Waals surface area contributed by atoms with E-state index in [4.69, 9.17) is 5.14 Å². The van der Waals surface area contributed by atoms with Gasteiger partial charge >= 0.3 is 0 Å². The molecule has 132 valence electrons. The second-order valence-electron chi connectivity index (χ2n) is 6.15. The van der Waals surface area contributed by atoms with Gasteiger partial charge in [-0.05, 0) is 74.0 Å². The van der Waals surface area contributed by atoms with Gasteiger partial charge in [-0.2, -0.15) is 0 Å². The second-order valence-corrected chi connectivity index (χ2v) is 10.4. The van der Waals surface area contributed by atoms with Crippen LogP contribution >= 0.6 is 8.44 Å². The Labute approximate surface area is 150 Å². The molecule has 0 aliphatic rings. The summed E-state index contributed by atoms with van der Waals surface area (Å²) >= 11 is 0. The largest absolute Gasteiger partial charge is 0.335 e. The average molecular weight is 375 g/mol. The van der Waals surface area contributed by atoms with E-state index in [-0.39, 0.29) is 11.9 Å². The van der Waals surface area contributed by atoms with Crippen molar-refractivity contribution in [2.45, 2.75) is 24.8 Å². The summed E-state index contributed by atoms with van der Waals surface area (Å²) in [6.07, 6.45) is 1.93. The maximum Gasteiger partial charge on any atom is 0.247 e. The molecule has 25 heavy (non-hydrogen) atoms. The Morgan fingerprint density at radius 1 is 1.20 bits per heavy atom. The van der Waals surface area contributed by atoms with Crippen LogP contribution in [0, 0.1) is 6.92 Å². The fraction of sp³-hybridized carbons (Fsp3) is 0.167. The van der Waals surface area contributed by atoms with Crippen LogP contribution in [-0.4, -0.2) is 14.7 Å². The van der Waals surface area contributed by atoms with Crippen molar-refractivity contribution in [3.05, 3.63) is 60.3 Å². The monoisotopic (exact) mass is 375 g/mol. The molecule has 1 unspecified atom stereocenters. The lowest BCUT2D eigenvalue weighted by Crippen LogP contribution is -2.23. The van der Waals surface area contributed by atoms with Crippen LogP contribution in [0.2, 0.25) is 0 Å². The first-order valence-electron chi connectivity index (χ1n) is 7.92. The zero-order valence-electron chi connectivity index (χ0n) is 14.1. The Balaban J connectivity index is 1.80. The highest BCUT2D eigenvalue weighted by atomic mass is 32.8. The van der Waals surface area contributed by atoms with E-state index in [0.717, 1.165) is 10.9 Å². The normalized spacial score (nSPS) is 13.6. The molecule has 1 amide bonds. The summed E-state index contributed by atoms with van der Waals surface area (Å²) in [5.74, 6) is -0.117. The first-order valence-corrected chi connectivity index (χ1v) is 11.3. The van der Waals surface area contributed by atoms with Crippen molar-refractivity contribution < 1.29 is 9.00 Å². The van der Waals surface area contributed by atoms with E-state index in [0.29, 0.717) is 10.6 Å².